The minimum atomic E-state index is 0.632. The molecule has 0 aliphatic rings. The number of benzene rings is 1. The fourth-order valence-electron chi connectivity index (χ4n) is 1.63. The van der Waals surface area contributed by atoms with Crippen LogP contribution in [0, 0.1) is 6.92 Å². The van der Waals surface area contributed by atoms with Gasteiger partial charge < -0.3 is 14.8 Å². The van der Waals surface area contributed by atoms with Gasteiger partial charge >= 0.3 is 0 Å². The largest absolute Gasteiger partial charge is 0.496 e. The van der Waals surface area contributed by atoms with Crippen LogP contribution >= 0.6 is 11.6 Å². The molecule has 0 fully saturated rings. The van der Waals surface area contributed by atoms with E-state index in [9.17, 15) is 0 Å². The second kappa shape index (κ2) is 5.97. The van der Waals surface area contributed by atoms with E-state index in [4.69, 9.17) is 21.1 Å². The van der Waals surface area contributed by atoms with Crippen molar-refractivity contribution < 1.29 is 9.47 Å². The first-order valence-electron chi connectivity index (χ1n) is 5.20. The van der Waals surface area contributed by atoms with Crippen LogP contribution in [0.1, 0.15) is 11.1 Å². The number of hydrogen-bond acceptors (Lipinski definition) is 3. The summed E-state index contributed by atoms with van der Waals surface area (Å²) in [4.78, 5) is 0. The minimum absolute atomic E-state index is 0.632. The molecule has 0 amide bonds. The highest BCUT2D eigenvalue weighted by Gasteiger charge is 2.14. The molecule has 1 N–H and O–H groups in total. The van der Waals surface area contributed by atoms with Crippen LogP contribution in [0.15, 0.2) is 6.07 Å². The van der Waals surface area contributed by atoms with Gasteiger partial charge in [0.05, 0.1) is 19.2 Å². The van der Waals surface area contributed by atoms with Crippen LogP contribution in [-0.4, -0.2) is 27.8 Å². The number of methoxy groups -OCH3 is 2. The molecular formula is C12H18ClNO2. The normalized spacial score (nSPS) is 10.3. The average Bonchev–Trinajstić information content (AvgIpc) is 2.30. The first kappa shape index (κ1) is 13.1. The molecular weight excluding hydrogens is 226 g/mol. The van der Waals surface area contributed by atoms with Gasteiger partial charge in [0.1, 0.15) is 11.5 Å². The molecule has 0 aromatic heterocycles. The summed E-state index contributed by atoms with van der Waals surface area (Å²) in [6.07, 6.45) is 0.857. The third-order valence-electron chi connectivity index (χ3n) is 2.56. The monoisotopic (exact) mass is 243 g/mol. The number of nitrogens with one attached hydrogen (secondary N) is 1. The smallest absolute Gasteiger partial charge is 0.141 e. The standard InChI is InChI=1S/C12H18ClNO2/c1-8-10(15-3)7-9(5-6-14-2)12(16-4)11(8)13/h7,14H,5-6H2,1-4H3. The van der Waals surface area contributed by atoms with Crippen molar-refractivity contribution in [3.8, 4) is 11.5 Å². The van der Waals surface area contributed by atoms with E-state index < -0.39 is 0 Å². The first-order chi connectivity index (χ1) is 7.65. The van der Waals surface area contributed by atoms with Crippen molar-refractivity contribution in [1.29, 1.82) is 0 Å². The highest BCUT2D eigenvalue weighted by Crippen LogP contribution is 2.37. The van der Waals surface area contributed by atoms with Crippen molar-refractivity contribution >= 4 is 11.6 Å². The summed E-state index contributed by atoms with van der Waals surface area (Å²) < 4.78 is 10.6. The number of rotatable bonds is 5. The number of ether oxygens (including phenoxy) is 2. The SMILES string of the molecule is CNCCc1cc(OC)c(C)c(Cl)c1OC. The van der Waals surface area contributed by atoms with Crippen LogP contribution in [0.25, 0.3) is 0 Å². The third-order valence-corrected chi connectivity index (χ3v) is 3.02. The molecule has 1 rings (SSSR count). The van der Waals surface area contributed by atoms with E-state index in [1.54, 1.807) is 14.2 Å². The van der Waals surface area contributed by atoms with Gasteiger partial charge in [-0.1, -0.05) is 11.6 Å². The lowest BCUT2D eigenvalue weighted by molar-refractivity contribution is 0.396. The van der Waals surface area contributed by atoms with Crippen LogP contribution < -0.4 is 14.8 Å². The van der Waals surface area contributed by atoms with Crippen LogP contribution in [0.2, 0.25) is 5.02 Å². The Morgan fingerprint density at radius 3 is 2.50 bits per heavy atom. The molecule has 1 aromatic carbocycles. The molecule has 0 aliphatic carbocycles. The van der Waals surface area contributed by atoms with Crippen molar-refractivity contribution in [2.75, 3.05) is 27.8 Å². The third kappa shape index (κ3) is 2.60. The predicted octanol–water partition coefficient (Wildman–Crippen LogP) is 2.43. The molecule has 3 nitrogen and oxygen atoms in total. The number of hydrogen-bond donors (Lipinski definition) is 1. The molecule has 0 heterocycles. The quantitative estimate of drug-likeness (QED) is 0.862. The second-order valence-corrected chi connectivity index (χ2v) is 3.94. The lowest BCUT2D eigenvalue weighted by Gasteiger charge is -2.15. The molecule has 0 atom stereocenters. The van der Waals surface area contributed by atoms with Crippen LogP contribution in [0.3, 0.4) is 0 Å². The fourth-order valence-corrected chi connectivity index (χ4v) is 1.92. The van der Waals surface area contributed by atoms with Gasteiger partial charge in [-0.15, -0.1) is 0 Å². The molecule has 0 saturated carbocycles. The number of halogens is 1. The summed E-state index contributed by atoms with van der Waals surface area (Å²) in [6, 6.07) is 1.98. The summed E-state index contributed by atoms with van der Waals surface area (Å²) in [7, 11) is 5.20. The van der Waals surface area contributed by atoms with Crippen molar-refractivity contribution in [3.05, 3.63) is 22.2 Å². The molecule has 0 bridgehead atoms. The highest BCUT2D eigenvalue weighted by molar-refractivity contribution is 6.33. The van der Waals surface area contributed by atoms with E-state index in [0.717, 1.165) is 35.6 Å². The van der Waals surface area contributed by atoms with Gasteiger partial charge in [-0.3, -0.25) is 0 Å². The molecule has 0 spiro atoms. The maximum Gasteiger partial charge on any atom is 0.141 e. The van der Waals surface area contributed by atoms with Crippen LogP contribution in [0.4, 0.5) is 0 Å². The van der Waals surface area contributed by atoms with Crippen molar-refractivity contribution in [3.63, 3.8) is 0 Å². The number of likely N-dealkylation sites (N-methyl/N-ethyl adjacent to an activating group) is 1. The minimum Gasteiger partial charge on any atom is -0.496 e. The van der Waals surface area contributed by atoms with Gasteiger partial charge in [0.2, 0.25) is 0 Å². The highest BCUT2D eigenvalue weighted by atomic mass is 35.5. The zero-order valence-corrected chi connectivity index (χ0v) is 10.9. The zero-order valence-electron chi connectivity index (χ0n) is 10.2. The average molecular weight is 244 g/mol. The summed E-state index contributed by atoms with van der Waals surface area (Å²) >= 11 is 6.24. The Hall–Kier alpha value is -0.930. The molecule has 1 aromatic rings. The van der Waals surface area contributed by atoms with Gasteiger partial charge in [0.15, 0.2) is 0 Å². The van der Waals surface area contributed by atoms with E-state index in [1.165, 1.54) is 0 Å². The van der Waals surface area contributed by atoms with E-state index >= 15 is 0 Å². The molecule has 4 heteroatoms. The Kier molecular flexibility index (Phi) is 4.90. The predicted molar refractivity (Wildman–Crippen MR) is 66.9 cm³/mol. The summed E-state index contributed by atoms with van der Waals surface area (Å²) in [5.74, 6) is 1.55. The Morgan fingerprint density at radius 2 is 2.00 bits per heavy atom. The van der Waals surface area contributed by atoms with Crippen LogP contribution in [-0.2, 0) is 6.42 Å². The molecule has 0 radical (unpaired) electrons. The van der Waals surface area contributed by atoms with E-state index in [-0.39, 0.29) is 0 Å². The van der Waals surface area contributed by atoms with Crippen molar-refractivity contribution in [2.45, 2.75) is 13.3 Å². The lowest BCUT2D eigenvalue weighted by atomic mass is 10.1. The lowest BCUT2D eigenvalue weighted by Crippen LogP contribution is -2.11. The summed E-state index contributed by atoms with van der Waals surface area (Å²) in [5, 5.41) is 3.73. The molecule has 90 valence electrons. The molecule has 0 unspecified atom stereocenters. The summed E-state index contributed by atoms with van der Waals surface area (Å²) in [5.41, 5.74) is 1.97. The molecule has 0 saturated heterocycles. The maximum absolute atomic E-state index is 6.24. The Bertz CT molecular complexity index is 367. The first-order valence-corrected chi connectivity index (χ1v) is 5.58. The van der Waals surface area contributed by atoms with Gasteiger partial charge in [-0.05, 0) is 33.0 Å². The van der Waals surface area contributed by atoms with E-state index in [2.05, 4.69) is 5.32 Å². The molecule has 0 aliphatic heterocycles. The van der Waals surface area contributed by atoms with Gasteiger partial charge in [0.25, 0.3) is 0 Å². The van der Waals surface area contributed by atoms with Gasteiger partial charge in [-0.2, -0.15) is 0 Å². The Morgan fingerprint density at radius 1 is 1.31 bits per heavy atom. The maximum atomic E-state index is 6.24. The second-order valence-electron chi connectivity index (χ2n) is 3.56. The van der Waals surface area contributed by atoms with Crippen LogP contribution in [0.5, 0.6) is 11.5 Å². The zero-order chi connectivity index (χ0) is 12.1. The Balaban J connectivity index is 3.18. The molecule has 16 heavy (non-hydrogen) atoms. The van der Waals surface area contributed by atoms with Crippen molar-refractivity contribution in [2.24, 2.45) is 0 Å². The van der Waals surface area contributed by atoms with E-state index in [1.807, 2.05) is 20.0 Å². The van der Waals surface area contributed by atoms with Crippen molar-refractivity contribution in [1.82, 2.24) is 5.32 Å². The topological polar surface area (TPSA) is 30.5 Å². The van der Waals surface area contributed by atoms with Gasteiger partial charge in [0, 0.05) is 11.1 Å². The summed E-state index contributed by atoms with van der Waals surface area (Å²) in [6.45, 7) is 2.80. The Labute approximate surface area is 102 Å². The van der Waals surface area contributed by atoms with E-state index in [0.29, 0.717) is 5.02 Å². The van der Waals surface area contributed by atoms with Gasteiger partial charge in [-0.25, -0.2) is 0 Å². The fraction of sp³-hybridized carbons (Fsp3) is 0.500.